The van der Waals surface area contributed by atoms with Crippen molar-refractivity contribution < 1.29 is 0 Å². The van der Waals surface area contributed by atoms with Crippen LogP contribution in [-0.4, -0.2) is 16.5 Å². The summed E-state index contributed by atoms with van der Waals surface area (Å²) in [6.45, 7) is 0. The highest BCUT2D eigenvalue weighted by Crippen LogP contribution is 2.62. The fourth-order valence-electron chi connectivity index (χ4n) is 5.18. The van der Waals surface area contributed by atoms with Gasteiger partial charge in [-0.25, -0.2) is 0 Å². The third-order valence-electron chi connectivity index (χ3n) is 6.16. The molecule has 2 radical (unpaired) electrons. The lowest BCUT2D eigenvalue weighted by molar-refractivity contribution is 0.794. The van der Waals surface area contributed by atoms with Gasteiger partial charge in [0.2, 0.25) is 0 Å². The Kier molecular flexibility index (Phi) is 3.04. The first kappa shape index (κ1) is 15.3. The predicted molar refractivity (Wildman–Crippen MR) is 112 cm³/mol. The molecule has 2 aliphatic carbocycles. The second kappa shape index (κ2) is 5.36. The summed E-state index contributed by atoms with van der Waals surface area (Å²) >= 11 is 2.62. The lowest BCUT2D eigenvalue weighted by atomic mass is 9.70. The standard InChI is InChI=1S/C25H16N.Al/c26-16-13-14-20-19-9-3-6-12-23(19)25(24(20)15-16)21-10-4-1-7-17(21)18-8-2-5-11-22(18)25;/h1-15,26H;/q-1;+1. The van der Waals surface area contributed by atoms with Crippen molar-refractivity contribution in [1.82, 2.24) is 0 Å². The molecule has 4 aromatic carbocycles. The van der Waals surface area contributed by atoms with Crippen LogP contribution in [0.25, 0.3) is 22.3 Å². The van der Waals surface area contributed by atoms with Crippen LogP contribution in [0.2, 0.25) is 0 Å². The van der Waals surface area contributed by atoms with E-state index in [1.54, 1.807) is 0 Å². The van der Waals surface area contributed by atoms with E-state index in [-0.39, 0.29) is 5.41 Å². The third-order valence-corrected chi connectivity index (χ3v) is 6.50. The molecule has 0 bridgehead atoms. The summed E-state index contributed by atoms with van der Waals surface area (Å²) in [5.74, 6) is 0. The first-order chi connectivity index (χ1) is 13.4. The predicted octanol–water partition coefficient (Wildman–Crippen LogP) is 5.53. The van der Waals surface area contributed by atoms with Crippen molar-refractivity contribution in [3.05, 3.63) is 113 Å². The summed E-state index contributed by atoms with van der Waals surface area (Å²) in [5.41, 5.74) is 11.8. The van der Waals surface area contributed by atoms with Gasteiger partial charge in [-0.1, -0.05) is 78.9 Å². The molecular weight excluding hydrogens is 341 g/mol. The Morgan fingerprint density at radius 1 is 0.519 bits per heavy atom. The number of hydrogen-bond donors (Lipinski definition) is 1. The third kappa shape index (κ3) is 1.75. The molecule has 6 rings (SSSR count). The minimum atomic E-state index is -0.239. The van der Waals surface area contributed by atoms with Crippen LogP contribution in [0.1, 0.15) is 22.3 Å². The molecule has 0 saturated heterocycles. The molecular formula is C25H16AlN. The first-order valence-electron chi connectivity index (χ1n) is 9.26. The van der Waals surface area contributed by atoms with Crippen molar-refractivity contribution in [2.75, 3.05) is 4.30 Å². The van der Waals surface area contributed by atoms with Crippen LogP contribution in [0, 0.1) is 0 Å². The molecule has 0 unspecified atom stereocenters. The Morgan fingerprint density at radius 2 is 0.963 bits per heavy atom. The summed E-state index contributed by atoms with van der Waals surface area (Å²) in [6.07, 6.45) is 0. The largest absolute Gasteiger partial charge is 0.491 e. The fourth-order valence-corrected chi connectivity index (χ4v) is 5.36. The number of benzene rings is 4. The highest BCUT2D eigenvalue weighted by atomic mass is 27.1. The SMILES string of the molecule is [Al][NH]c1ccc2c(c1)C1(c3ccccc3-c3ccccc31)c1ccccc1-2. The monoisotopic (exact) mass is 357 g/mol. The van der Waals surface area contributed by atoms with E-state index in [4.69, 9.17) is 0 Å². The summed E-state index contributed by atoms with van der Waals surface area (Å²) in [6, 6.07) is 33.4. The molecule has 1 spiro atoms. The molecule has 0 amide bonds. The van der Waals surface area contributed by atoms with E-state index >= 15 is 0 Å². The molecule has 1 N–H and O–H groups in total. The maximum atomic E-state index is 3.25. The van der Waals surface area contributed by atoms with Gasteiger partial charge >= 0.3 is 16.5 Å². The van der Waals surface area contributed by atoms with Gasteiger partial charge in [-0.3, -0.25) is 0 Å². The Bertz CT molecular complexity index is 1160. The van der Waals surface area contributed by atoms with Gasteiger partial charge in [-0.05, 0) is 56.6 Å². The van der Waals surface area contributed by atoms with Gasteiger partial charge < -0.3 is 4.30 Å². The van der Waals surface area contributed by atoms with Gasteiger partial charge in [-0.15, -0.1) is 0 Å². The van der Waals surface area contributed by atoms with Crippen molar-refractivity contribution in [3.63, 3.8) is 0 Å². The van der Waals surface area contributed by atoms with E-state index in [2.05, 4.69) is 112 Å². The van der Waals surface area contributed by atoms with E-state index in [9.17, 15) is 0 Å². The van der Waals surface area contributed by atoms with Crippen LogP contribution in [0.15, 0.2) is 91.0 Å². The molecule has 124 valence electrons. The highest BCUT2D eigenvalue weighted by molar-refractivity contribution is 6.16. The molecule has 2 aliphatic rings. The zero-order chi connectivity index (χ0) is 18.0. The first-order valence-corrected chi connectivity index (χ1v) is 9.84. The minimum absolute atomic E-state index is 0.239. The van der Waals surface area contributed by atoms with Gasteiger partial charge in [0.25, 0.3) is 0 Å². The Hall–Kier alpha value is -2.79. The van der Waals surface area contributed by atoms with E-state index in [1.807, 2.05) is 0 Å². The zero-order valence-corrected chi connectivity index (χ0v) is 15.9. The Morgan fingerprint density at radius 3 is 1.44 bits per heavy atom. The molecule has 0 heterocycles. The number of rotatable bonds is 1. The van der Waals surface area contributed by atoms with Gasteiger partial charge in [-0.2, -0.15) is 0 Å². The van der Waals surface area contributed by atoms with Gasteiger partial charge in [0, 0.05) is 5.69 Å². The zero-order valence-electron chi connectivity index (χ0n) is 14.7. The van der Waals surface area contributed by atoms with E-state index in [0.717, 1.165) is 5.69 Å². The number of anilines is 1. The number of hydrogen-bond acceptors (Lipinski definition) is 1. The maximum Gasteiger partial charge on any atom is 0.305 e. The molecule has 2 heteroatoms. The number of fused-ring (bicyclic) bond motifs is 10. The molecule has 0 saturated carbocycles. The summed E-state index contributed by atoms with van der Waals surface area (Å²) < 4.78 is 3.25. The maximum absolute atomic E-state index is 3.25. The second-order valence-corrected chi connectivity index (χ2v) is 7.58. The van der Waals surface area contributed by atoms with Crippen molar-refractivity contribution in [2.45, 2.75) is 5.41 Å². The quantitative estimate of drug-likeness (QED) is 0.382. The molecule has 0 aliphatic heterocycles. The van der Waals surface area contributed by atoms with Crippen molar-refractivity contribution in [3.8, 4) is 22.3 Å². The minimum Gasteiger partial charge on any atom is -0.491 e. The smallest absolute Gasteiger partial charge is 0.305 e. The van der Waals surface area contributed by atoms with Gasteiger partial charge in [0.15, 0.2) is 0 Å². The van der Waals surface area contributed by atoms with E-state index in [1.165, 1.54) is 44.5 Å². The van der Waals surface area contributed by atoms with Crippen molar-refractivity contribution in [2.24, 2.45) is 0 Å². The van der Waals surface area contributed by atoms with Gasteiger partial charge in [0.05, 0.1) is 5.41 Å². The summed E-state index contributed by atoms with van der Waals surface area (Å²) in [7, 11) is 0. The summed E-state index contributed by atoms with van der Waals surface area (Å²) in [5, 5.41) is 0. The van der Waals surface area contributed by atoms with Crippen LogP contribution in [0.5, 0.6) is 0 Å². The molecule has 1 nitrogen and oxygen atoms in total. The van der Waals surface area contributed by atoms with Crippen LogP contribution in [0.4, 0.5) is 5.69 Å². The van der Waals surface area contributed by atoms with Crippen LogP contribution >= 0.6 is 0 Å². The van der Waals surface area contributed by atoms with Crippen LogP contribution < -0.4 is 4.30 Å². The lowest BCUT2D eigenvalue weighted by Gasteiger charge is -2.30. The van der Waals surface area contributed by atoms with Crippen molar-refractivity contribution in [1.29, 1.82) is 0 Å². The molecule has 27 heavy (non-hydrogen) atoms. The topological polar surface area (TPSA) is 12.0 Å². The van der Waals surface area contributed by atoms with Crippen LogP contribution in [-0.2, 0) is 5.41 Å². The van der Waals surface area contributed by atoms with E-state index < -0.39 is 0 Å². The Labute approximate surface area is 167 Å². The summed E-state index contributed by atoms with van der Waals surface area (Å²) in [4.78, 5) is 0. The number of nitrogens with one attached hydrogen (secondary N) is 1. The fraction of sp³-hybridized carbons (Fsp3) is 0.0400. The average Bonchev–Trinajstić information content (AvgIpc) is 3.21. The Balaban J connectivity index is 1.85. The lowest BCUT2D eigenvalue weighted by Crippen LogP contribution is -2.25. The van der Waals surface area contributed by atoms with Gasteiger partial charge in [0.1, 0.15) is 0 Å². The molecule has 0 aromatic heterocycles. The second-order valence-electron chi connectivity index (χ2n) is 7.29. The normalized spacial score (nSPS) is 14.4. The van der Waals surface area contributed by atoms with Crippen LogP contribution in [0.3, 0.4) is 0 Å². The average molecular weight is 357 g/mol. The molecule has 4 aromatic rings. The van der Waals surface area contributed by atoms with E-state index in [0.29, 0.717) is 0 Å². The highest BCUT2D eigenvalue weighted by Gasteiger charge is 2.51. The molecule has 0 atom stereocenters. The molecule has 0 fully saturated rings. The van der Waals surface area contributed by atoms with Crippen molar-refractivity contribution >= 4 is 22.2 Å².